The molecule has 0 unspecified atom stereocenters. The highest BCUT2D eigenvalue weighted by Gasteiger charge is 2.20. The van der Waals surface area contributed by atoms with Gasteiger partial charge >= 0.3 is 0 Å². The first kappa shape index (κ1) is 18.6. The molecule has 9 nitrogen and oxygen atoms in total. The van der Waals surface area contributed by atoms with Crippen LogP contribution in [-0.2, 0) is 9.47 Å². The van der Waals surface area contributed by atoms with Gasteiger partial charge in [-0.3, -0.25) is 0 Å². The summed E-state index contributed by atoms with van der Waals surface area (Å²) in [5, 5.41) is 4.31. The highest BCUT2D eigenvalue weighted by Crippen LogP contribution is 2.18. The van der Waals surface area contributed by atoms with Crippen molar-refractivity contribution in [3.8, 4) is 0 Å². The highest BCUT2D eigenvalue weighted by molar-refractivity contribution is 5.80. The number of hydrogen-bond donors (Lipinski definition) is 1. The van der Waals surface area contributed by atoms with Crippen molar-refractivity contribution in [3.05, 3.63) is 35.4 Å². The van der Waals surface area contributed by atoms with Crippen LogP contribution < -0.4 is 15.2 Å². The molecule has 4 rings (SSSR count). The third-order valence-corrected chi connectivity index (χ3v) is 4.62. The third-order valence-electron chi connectivity index (χ3n) is 4.62. The largest absolute Gasteiger partial charge is 0.378 e. The molecule has 2 aliphatic rings. The first-order valence-electron chi connectivity index (χ1n) is 9.55. The number of hydrogen-bond acceptors (Lipinski definition) is 9. The molecule has 0 spiro atoms. The normalized spacial score (nSPS) is 17.9. The minimum Gasteiger partial charge on any atom is -0.378 e. The van der Waals surface area contributed by atoms with Gasteiger partial charge in [0.2, 0.25) is 17.8 Å². The Labute approximate surface area is 164 Å². The number of aromatic nitrogens is 3. The van der Waals surface area contributed by atoms with Gasteiger partial charge in [-0.2, -0.15) is 20.1 Å². The van der Waals surface area contributed by atoms with E-state index in [4.69, 9.17) is 9.47 Å². The Kier molecular flexibility index (Phi) is 5.93. The molecule has 2 saturated heterocycles. The first-order chi connectivity index (χ1) is 13.8. The smallest absolute Gasteiger partial charge is 0.250 e. The van der Waals surface area contributed by atoms with Crippen molar-refractivity contribution < 1.29 is 9.47 Å². The van der Waals surface area contributed by atoms with Crippen LogP contribution in [0.5, 0.6) is 0 Å². The Morgan fingerprint density at radius 2 is 1.54 bits per heavy atom. The van der Waals surface area contributed by atoms with Gasteiger partial charge in [0, 0.05) is 26.2 Å². The summed E-state index contributed by atoms with van der Waals surface area (Å²) in [5.41, 5.74) is 5.17. The molecule has 2 aromatic rings. The lowest BCUT2D eigenvalue weighted by atomic mass is 10.2. The number of rotatable bonds is 5. The maximum absolute atomic E-state index is 5.44. The molecule has 1 aromatic carbocycles. The molecule has 0 saturated carbocycles. The van der Waals surface area contributed by atoms with E-state index in [1.807, 2.05) is 12.1 Å². The van der Waals surface area contributed by atoms with Crippen molar-refractivity contribution in [1.29, 1.82) is 0 Å². The van der Waals surface area contributed by atoms with E-state index < -0.39 is 0 Å². The van der Waals surface area contributed by atoms with Crippen molar-refractivity contribution in [2.45, 2.75) is 6.92 Å². The van der Waals surface area contributed by atoms with Crippen molar-refractivity contribution in [2.75, 3.05) is 67.8 Å². The van der Waals surface area contributed by atoms with Gasteiger partial charge in [0.15, 0.2) is 0 Å². The van der Waals surface area contributed by atoms with Crippen LogP contribution >= 0.6 is 0 Å². The fourth-order valence-electron chi connectivity index (χ4n) is 3.13. The Bertz CT molecular complexity index is 781. The second-order valence-corrected chi connectivity index (χ2v) is 6.74. The second-order valence-electron chi connectivity index (χ2n) is 6.74. The Morgan fingerprint density at radius 1 is 0.929 bits per heavy atom. The van der Waals surface area contributed by atoms with Crippen molar-refractivity contribution in [3.63, 3.8) is 0 Å². The number of benzene rings is 1. The van der Waals surface area contributed by atoms with Crippen molar-refractivity contribution >= 4 is 24.1 Å². The monoisotopic (exact) mass is 383 g/mol. The number of nitrogens with one attached hydrogen (secondary N) is 1. The van der Waals surface area contributed by atoms with E-state index in [0.29, 0.717) is 44.3 Å². The van der Waals surface area contributed by atoms with Gasteiger partial charge < -0.3 is 19.3 Å². The van der Waals surface area contributed by atoms with Crippen molar-refractivity contribution in [1.82, 2.24) is 15.0 Å². The Hall–Kier alpha value is -2.78. The van der Waals surface area contributed by atoms with Crippen LogP contribution in [0, 0.1) is 6.92 Å². The summed E-state index contributed by atoms with van der Waals surface area (Å²) in [5.74, 6) is 1.72. The summed E-state index contributed by atoms with van der Waals surface area (Å²) in [6.45, 7) is 7.80. The van der Waals surface area contributed by atoms with E-state index in [-0.39, 0.29) is 0 Å². The van der Waals surface area contributed by atoms with Crippen LogP contribution in [-0.4, -0.2) is 73.8 Å². The lowest BCUT2D eigenvalue weighted by molar-refractivity contribution is 0.121. The van der Waals surface area contributed by atoms with E-state index in [0.717, 1.165) is 31.7 Å². The average Bonchev–Trinajstić information content (AvgIpc) is 2.75. The molecule has 1 N–H and O–H groups in total. The molecular weight excluding hydrogens is 358 g/mol. The van der Waals surface area contributed by atoms with Crippen LogP contribution in [0.4, 0.5) is 17.8 Å². The summed E-state index contributed by atoms with van der Waals surface area (Å²) in [4.78, 5) is 18.0. The molecule has 28 heavy (non-hydrogen) atoms. The molecule has 148 valence electrons. The third kappa shape index (κ3) is 4.73. The zero-order valence-electron chi connectivity index (χ0n) is 16.0. The van der Waals surface area contributed by atoms with Crippen LogP contribution in [0.2, 0.25) is 0 Å². The molecule has 0 radical (unpaired) electrons. The van der Waals surface area contributed by atoms with Crippen LogP contribution in [0.3, 0.4) is 0 Å². The highest BCUT2D eigenvalue weighted by atomic mass is 16.5. The zero-order valence-corrected chi connectivity index (χ0v) is 16.0. The molecule has 9 heteroatoms. The van der Waals surface area contributed by atoms with Gasteiger partial charge in [0.05, 0.1) is 32.6 Å². The predicted octanol–water partition coefficient (Wildman–Crippen LogP) is 1.30. The van der Waals surface area contributed by atoms with E-state index >= 15 is 0 Å². The first-order valence-corrected chi connectivity index (χ1v) is 9.55. The quantitative estimate of drug-likeness (QED) is 0.611. The topological polar surface area (TPSA) is 88.0 Å². The van der Waals surface area contributed by atoms with Gasteiger partial charge in [-0.1, -0.05) is 29.8 Å². The number of ether oxygens (including phenoxy) is 2. The lowest BCUT2D eigenvalue weighted by Gasteiger charge is -2.30. The molecular formula is C19H25N7O2. The predicted molar refractivity (Wildman–Crippen MR) is 108 cm³/mol. The molecule has 0 aliphatic carbocycles. The summed E-state index contributed by atoms with van der Waals surface area (Å²) in [6, 6.07) is 8.13. The van der Waals surface area contributed by atoms with Gasteiger partial charge in [-0.15, -0.1) is 0 Å². The van der Waals surface area contributed by atoms with E-state index in [2.05, 4.69) is 54.3 Å². The molecule has 2 fully saturated rings. The molecule has 1 aromatic heterocycles. The van der Waals surface area contributed by atoms with Gasteiger partial charge in [-0.25, -0.2) is 5.43 Å². The number of morpholine rings is 2. The second kappa shape index (κ2) is 8.94. The SMILES string of the molecule is Cc1cccc(/C=N/Nc2nc(N3CCOCC3)nc(N3CCOCC3)n2)c1. The summed E-state index contributed by atoms with van der Waals surface area (Å²) < 4.78 is 10.9. The van der Waals surface area contributed by atoms with Crippen LogP contribution in [0.25, 0.3) is 0 Å². The minimum atomic E-state index is 0.432. The van der Waals surface area contributed by atoms with Gasteiger partial charge in [-0.05, 0) is 12.5 Å². The lowest BCUT2D eigenvalue weighted by Crippen LogP contribution is -2.40. The average molecular weight is 383 g/mol. The Balaban J connectivity index is 1.55. The summed E-state index contributed by atoms with van der Waals surface area (Å²) in [7, 11) is 0. The van der Waals surface area contributed by atoms with Crippen molar-refractivity contribution in [2.24, 2.45) is 5.10 Å². The van der Waals surface area contributed by atoms with E-state index in [9.17, 15) is 0 Å². The van der Waals surface area contributed by atoms with Crippen LogP contribution in [0.1, 0.15) is 11.1 Å². The van der Waals surface area contributed by atoms with E-state index in [1.54, 1.807) is 6.21 Å². The van der Waals surface area contributed by atoms with E-state index in [1.165, 1.54) is 5.56 Å². The fourth-order valence-corrected chi connectivity index (χ4v) is 3.13. The van der Waals surface area contributed by atoms with Gasteiger partial charge in [0.25, 0.3) is 0 Å². The molecule has 2 aliphatic heterocycles. The van der Waals surface area contributed by atoms with Gasteiger partial charge in [0.1, 0.15) is 0 Å². The standard InChI is InChI=1S/C19H25N7O2/c1-15-3-2-4-16(13-15)14-20-24-17-21-18(25-5-9-27-10-6-25)23-19(22-17)26-7-11-28-12-8-26/h2-4,13-14H,5-12H2,1H3,(H,21,22,23,24)/b20-14+. The number of aryl methyl sites for hydroxylation is 1. The molecule has 3 heterocycles. The fraction of sp³-hybridized carbons (Fsp3) is 0.474. The summed E-state index contributed by atoms with van der Waals surface area (Å²) in [6.07, 6.45) is 1.76. The number of nitrogens with zero attached hydrogens (tertiary/aromatic N) is 6. The Morgan fingerprint density at radius 3 is 2.11 bits per heavy atom. The number of anilines is 3. The van der Waals surface area contributed by atoms with Crippen LogP contribution in [0.15, 0.2) is 29.4 Å². The number of hydrazone groups is 1. The molecule has 0 atom stereocenters. The maximum atomic E-state index is 5.44. The zero-order chi connectivity index (χ0) is 19.2. The molecule has 0 bridgehead atoms. The summed E-state index contributed by atoms with van der Waals surface area (Å²) >= 11 is 0. The maximum Gasteiger partial charge on any atom is 0.250 e. The minimum absolute atomic E-state index is 0.432. The molecule has 0 amide bonds.